The summed E-state index contributed by atoms with van der Waals surface area (Å²) in [5, 5.41) is 7.18. The van der Waals surface area contributed by atoms with Gasteiger partial charge >= 0.3 is 0 Å². The average molecular weight is 396 g/mol. The van der Waals surface area contributed by atoms with Crippen LogP contribution in [0.25, 0.3) is 0 Å². The zero-order valence-corrected chi connectivity index (χ0v) is 14.3. The van der Waals surface area contributed by atoms with Gasteiger partial charge in [-0.2, -0.15) is 0 Å². The molecule has 0 saturated heterocycles. The second-order valence-electron chi connectivity index (χ2n) is 5.22. The molecular formula is C16H16Br2N2. The van der Waals surface area contributed by atoms with Gasteiger partial charge in [-0.25, -0.2) is 0 Å². The number of hydrogen-bond donors (Lipinski definition) is 2. The summed E-state index contributed by atoms with van der Waals surface area (Å²) in [5.41, 5.74) is 3.69. The van der Waals surface area contributed by atoms with E-state index < -0.39 is 0 Å². The molecule has 20 heavy (non-hydrogen) atoms. The van der Waals surface area contributed by atoms with Gasteiger partial charge in [0.15, 0.2) is 0 Å². The Kier molecular flexibility index (Phi) is 4.03. The van der Waals surface area contributed by atoms with Crippen molar-refractivity contribution < 1.29 is 0 Å². The molecule has 0 aliphatic carbocycles. The summed E-state index contributed by atoms with van der Waals surface area (Å²) in [5.74, 6) is 0. The monoisotopic (exact) mass is 394 g/mol. The Morgan fingerprint density at radius 2 is 1.75 bits per heavy atom. The third kappa shape index (κ3) is 3.01. The quantitative estimate of drug-likeness (QED) is 0.694. The van der Waals surface area contributed by atoms with Gasteiger partial charge in [-0.05, 0) is 61.4 Å². The highest BCUT2D eigenvalue weighted by molar-refractivity contribution is 9.10. The van der Waals surface area contributed by atoms with E-state index in [1.54, 1.807) is 0 Å². The zero-order valence-electron chi connectivity index (χ0n) is 11.2. The van der Waals surface area contributed by atoms with E-state index in [0.29, 0.717) is 12.1 Å². The number of rotatable bonds is 2. The van der Waals surface area contributed by atoms with Crippen molar-refractivity contribution in [3.63, 3.8) is 0 Å². The van der Waals surface area contributed by atoms with Crippen molar-refractivity contribution >= 4 is 43.2 Å². The van der Waals surface area contributed by atoms with Crippen LogP contribution in [-0.2, 0) is 0 Å². The molecule has 2 aromatic rings. The molecule has 0 aromatic heterocycles. The molecule has 3 rings (SSSR count). The van der Waals surface area contributed by atoms with Crippen molar-refractivity contribution in [3.8, 4) is 0 Å². The Hall–Kier alpha value is -1.00. The highest BCUT2D eigenvalue weighted by atomic mass is 79.9. The first-order chi connectivity index (χ1) is 9.61. The molecule has 0 amide bonds. The summed E-state index contributed by atoms with van der Waals surface area (Å²) in [6.45, 7) is 2.22. The van der Waals surface area contributed by atoms with Gasteiger partial charge in [-0.3, -0.25) is 0 Å². The van der Waals surface area contributed by atoms with Crippen molar-refractivity contribution in [2.45, 2.75) is 25.4 Å². The van der Waals surface area contributed by atoms with Gasteiger partial charge in [-0.1, -0.05) is 31.9 Å². The van der Waals surface area contributed by atoms with Crippen LogP contribution in [0.1, 0.15) is 24.9 Å². The van der Waals surface area contributed by atoms with Gasteiger partial charge in [-0.15, -0.1) is 0 Å². The van der Waals surface area contributed by atoms with Crippen LogP contribution in [0.15, 0.2) is 51.4 Å². The molecule has 2 aromatic carbocycles. The number of anilines is 2. The molecule has 4 heteroatoms. The molecule has 1 heterocycles. The molecule has 0 fully saturated rings. The van der Waals surface area contributed by atoms with Crippen molar-refractivity contribution in [2.24, 2.45) is 0 Å². The first-order valence-corrected chi connectivity index (χ1v) is 8.28. The van der Waals surface area contributed by atoms with Gasteiger partial charge < -0.3 is 10.6 Å². The lowest BCUT2D eigenvalue weighted by atomic mass is 9.93. The minimum atomic E-state index is 0.333. The number of hydrogen-bond acceptors (Lipinski definition) is 2. The predicted molar refractivity (Wildman–Crippen MR) is 92.3 cm³/mol. The van der Waals surface area contributed by atoms with E-state index >= 15 is 0 Å². The molecule has 104 valence electrons. The number of nitrogens with one attached hydrogen (secondary N) is 2. The lowest BCUT2D eigenvalue weighted by Crippen LogP contribution is -2.28. The number of benzene rings is 2. The lowest BCUT2D eigenvalue weighted by molar-refractivity contribution is 0.599. The van der Waals surface area contributed by atoms with Gasteiger partial charge in [0.05, 0.1) is 6.04 Å². The summed E-state index contributed by atoms with van der Waals surface area (Å²) in [6.07, 6.45) is 1.07. The molecule has 0 saturated carbocycles. The van der Waals surface area contributed by atoms with Gasteiger partial charge in [0, 0.05) is 26.4 Å². The van der Waals surface area contributed by atoms with Gasteiger partial charge in [0.25, 0.3) is 0 Å². The predicted octanol–water partition coefficient (Wildman–Crippen LogP) is 5.57. The lowest BCUT2D eigenvalue weighted by Gasteiger charge is -2.32. The van der Waals surface area contributed by atoms with Crippen LogP contribution in [0.3, 0.4) is 0 Å². The molecule has 0 unspecified atom stereocenters. The zero-order chi connectivity index (χ0) is 14.1. The SMILES string of the molecule is C[C@H]1C[C@@H](Nc2ccc(Br)cc2)c2cc(Br)ccc2N1. The number of fused-ring (bicyclic) bond motifs is 1. The van der Waals surface area contributed by atoms with Crippen LogP contribution >= 0.6 is 31.9 Å². The fraction of sp³-hybridized carbons (Fsp3) is 0.250. The minimum Gasteiger partial charge on any atom is -0.382 e. The van der Waals surface area contributed by atoms with Gasteiger partial charge in [0.2, 0.25) is 0 Å². The highest BCUT2D eigenvalue weighted by Gasteiger charge is 2.24. The Morgan fingerprint density at radius 1 is 1.05 bits per heavy atom. The van der Waals surface area contributed by atoms with Crippen molar-refractivity contribution in [1.82, 2.24) is 0 Å². The van der Waals surface area contributed by atoms with Crippen LogP contribution in [0, 0.1) is 0 Å². The molecular weight excluding hydrogens is 380 g/mol. The summed E-state index contributed by atoms with van der Waals surface area (Å²) in [7, 11) is 0. The van der Waals surface area contributed by atoms with Crippen molar-refractivity contribution in [2.75, 3.05) is 10.6 Å². The summed E-state index contributed by atoms with van der Waals surface area (Å²) in [6, 6.07) is 15.6. The summed E-state index contributed by atoms with van der Waals surface area (Å²) >= 11 is 7.04. The van der Waals surface area contributed by atoms with E-state index in [-0.39, 0.29) is 0 Å². The smallest absolute Gasteiger partial charge is 0.0554 e. The largest absolute Gasteiger partial charge is 0.382 e. The second kappa shape index (κ2) is 5.78. The first kappa shape index (κ1) is 14.0. The van der Waals surface area contributed by atoms with Crippen molar-refractivity contribution in [3.05, 3.63) is 57.0 Å². The van der Waals surface area contributed by atoms with E-state index in [0.717, 1.165) is 21.1 Å². The first-order valence-electron chi connectivity index (χ1n) is 6.70. The Bertz CT molecular complexity index is 610. The van der Waals surface area contributed by atoms with E-state index in [4.69, 9.17) is 0 Å². The Morgan fingerprint density at radius 3 is 2.50 bits per heavy atom. The highest BCUT2D eigenvalue weighted by Crippen LogP contribution is 2.36. The minimum absolute atomic E-state index is 0.333. The maximum Gasteiger partial charge on any atom is 0.0554 e. The van der Waals surface area contributed by atoms with Crippen molar-refractivity contribution in [1.29, 1.82) is 0 Å². The second-order valence-corrected chi connectivity index (χ2v) is 7.05. The normalized spacial score (nSPS) is 20.9. The van der Waals surface area contributed by atoms with Crippen LogP contribution in [0.4, 0.5) is 11.4 Å². The third-order valence-electron chi connectivity index (χ3n) is 3.57. The van der Waals surface area contributed by atoms with Crippen LogP contribution in [-0.4, -0.2) is 6.04 Å². The molecule has 1 aliphatic heterocycles. The van der Waals surface area contributed by atoms with Crippen LogP contribution in [0.5, 0.6) is 0 Å². The Balaban J connectivity index is 1.90. The topological polar surface area (TPSA) is 24.1 Å². The number of halogens is 2. The third-order valence-corrected chi connectivity index (χ3v) is 4.59. The standard InChI is InChI=1S/C16H16Br2N2/c1-10-8-16(20-13-5-2-11(17)3-6-13)14-9-12(18)4-7-15(14)19-10/h2-7,9-10,16,19-20H,8H2,1H3/t10-,16+/m0/s1. The average Bonchev–Trinajstić information content (AvgIpc) is 2.42. The van der Waals surface area contributed by atoms with E-state index in [9.17, 15) is 0 Å². The Labute approximate surface area is 136 Å². The molecule has 1 aliphatic rings. The van der Waals surface area contributed by atoms with Gasteiger partial charge in [0.1, 0.15) is 0 Å². The molecule has 2 nitrogen and oxygen atoms in total. The molecule has 2 atom stereocenters. The molecule has 2 N–H and O–H groups in total. The van der Waals surface area contributed by atoms with E-state index in [2.05, 4.69) is 91.9 Å². The summed E-state index contributed by atoms with van der Waals surface area (Å²) in [4.78, 5) is 0. The van der Waals surface area contributed by atoms with E-state index in [1.165, 1.54) is 11.3 Å². The molecule has 0 spiro atoms. The summed E-state index contributed by atoms with van der Waals surface area (Å²) < 4.78 is 2.22. The molecule has 0 radical (unpaired) electrons. The molecule has 0 bridgehead atoms. The maximum atomic E-state index is 3.64. The maximum absolute atomic E-state index is 3.64. The van der Waals surface area contributed by atoms with E-state index in [1.807, 2.05) is 0 Å². The van der Waals surface area contributed by atoms with Crippen LogP contribution in [0.2, 0.25) is 0 Å². The van der Waals surface area contributed by atoms with Crippen LogP contribution < -0.4 is 10.6 Å². The fourth-order valence-corrected chi connectivity index (χ4v) is 3.29. The fourth-order valence-electron chi connectivity index (χ4n) is 2.64.